The molecule has 5 rings (SSSR count). The van der Waals surface area contributed by atoms with Gasteiger partial charge in [0.2, 0.25) is 11.9 Å². The molecule has 2 fully saturated rings. The van der Waals surface area contributed by atoms with Crippen molar-refractivity contribution in [3.05, 3.63) is 59.9 Å². The van der Waals surface area contributed by atoms with Crippen LogP contribution in [0.4, 0.5) is 10.3 Å². The lowest BCUT2D eigenvalue weighted by Gasteiger charge is -2.33. The van der Waals surface area contributed by atoms with Crippen LogP contribution in [0.2, 0.25) is 0 Å². The molecule has 2 aromatic carbocycles. The molecule has 1 amide bonds. The third kappa shape index (κ3) is 6.53. The summed E-state index contributed by atoms with van der Waals surface area (Å²) in [6.07, 6.45) is 4.76. The number of fused-ring (bicyclic) bond motifs is 1. The summed E-state index contributed by atoms with van der Waals surface area (Å²) in [7, 11) is 0. The molecule has 2 aliphatic heterocycles. The second kappa shape index (κ2) is 12.7. The van der Waals surface area contributed by atoms with Gasteiger partial charge in [-0.3, -0.25) is 4.79 Å². The van der Waals surface area contributed by atoms with Crippen LogP contribution in [0.15, 0.2) is 48.5 Å². The number of halogens is 1. The number of piperidine rings is 1. The summed E-state index contributed by atoms with van der Waals surface area (Å²) in [6, 6.07) is 15.2. The number of amides is 1. The Hall–Kier alpha value is -2.97. The molecule has 2 aliphatic rings. The van der Waals surface area contributed by atoms with Gasteiger partial charge in [0.05, 0.1) is 17.6 Å². The first-order valence-electron chi connectivity index (χ1n) is 14.2. The van der Waals surface area contributed by atoms with Crippen molar-refractivity contribution in [3.8, 4) is 0 Å². The monoisotopic (exact) mass is 521 g/mol. The molecule has 3 heterocycles. The Morgan fingerprint density at radius 1 is 1.00 bits per heavy atom. The van der Waals surface area contributed by atoms with E-state index in [1.807, 2.05) is 17.9 Å². The molecule has 1 N–H and O–H groups in total. The number of hydrogen-bond donors (Lipinski definition) is 1. The molecule has 0 saturated carbocycles. The van der Waals surface area contributed by atoms with Gasteiger partial charge in [-0.05, 0) is 75.4 Å². The Morgan fingerprint density at radius 2 is 1.79 bits per heavy atom. The fraction of sp³-hybridized carbons (Fsp3) is 0.533. The van der Waals surface area contributed by atoms with Crippen molar-refractivity contribution in [2.24, 2.45) is 5.92 Å². The number of aromatic nitrogens is 2. The topological polar surface area (TPSA) is 62.6 Å². The van der Waals surface area contributed by atoms with E-state index in [0.29, 0.717) is 19.1 Å². The lowest BCUT2D eigenvalue weighted by molar-refractivity contribution is -0.131. The van der Waals surface area contributed by atoms with Crippen molar-refractivity contribution < 1.29 is 13.9 Å². The van der Waals surface area contributed by atoms with E-state index in [1.165, 1.54) is 12.1 Å². The summed E-state index contributed by atoms with van der Waals surface area (Å²) >= 11 is 0. The second-order valence-electron chi connectivity index (χ2n) is 10.5. The predicted octanol–water partition coefficient (Wildman–Crippen LogP) is 4.57. The third-order valence-corrected chi connectivity index (χ3v) is 7.94. The Morgan fingerprint density at radius 3 is 2.58 bits per heavy atom. The van der Waals surface area contributed by atoms with Gasteiger partial charge in [-0.2, -0.15) is 0 Å². The third-order valence-electron chi connectivity index (χ3n) is 7.94. The molecule has 38 heavy (non-hydrogen) atoms. The molecule has 3 aromatic rings. The average molecular weight is 522 g/mol. The highest BCUT2D eigenvalue weighted by Gasteiger charge is 2.31. The molecule has 7 nitrogen and oxygen atoms in total. The quantitative estimate of drug-likeness (QED) is 0.354. The summed E-state index contributed by atoms with van der Waals surface area (Å²) in [4.78, 5) is 22.3. The number of anilines is 1. The van der Waals surface area contributed by atoms with Gasteiger partial charge in [-0.1, -0.05) is 24.3 Å². The van der Waals surface area contributed by atoms with Crippen molar-refractivity contribution in [2.45, 2.75) is 51.6 Å². The molecule has 2 saturated heterocycles. The van der Waals surface area contributed by atoms with Crippen LogP contribution < -0.4 is 5.32 Å². The highest BCUT2D eigenvalue weighted by Crippen LogP contribution is 2.24. The maximum Gasteiger partial charge on any atom is 0.226 e. The molecule has 1 atom stereocenters. The van der Waals surface area contributed by atoms with Crippen molar-refractivity contribution in [3.63, 3.8) is 0 Å². The lowest BCUT2D eigenvalue weighted by Crippen LogP contribution is -2.41. The lowest BCUT2D eigenvalue weighted by atomic mass is 9.98. The summed E-state index contributed by atoms with van der Waals surface area (Å²) in [6.45, 7) is 8.99. The molecular weight excluding hydrogens is 481 g/mol. The number of ether oxygens (including phenoxy) is 1. The van der Waals surface area contributed by atoms with E-state index >= 15 is 0 Å². The molecule has 8 heteroatoms. The van der Waals surface area contributed by atoms with E-state index in [0.717, 1.165) is 94.1 Å². The van der Waals surface area contributed by atoms with Crippen LogP contribution in [0.25, 0.3) is 11.0 Å². The van der Waals surface area contributed by atoms with Crippen LogP contribution in [0.1, 0.15) is 38.2 Å². The highest BCUT2D eigenvalue weighted by atomic mass is 19.1. The number of nitrogens with zero attached hydrogens (tertiary/aromatic N) is 4. The van der Waals surface area contributed by atoms with E-state index in [-0.39, 0.29) is 17.6 Å². The highest BCUT2D eigenvalue weighted by molar-refractivity contribution is 5.81. The fourth-order valence-electron chi connectivity index (χ4n) is 5.80. The molecule has 0 bridgehead atoms. The zero-order valence-electron chi connectivity index (χ0n) is 22.4. The van der Waals surface area contributed by atoms with Crippen LogP contribution in [0.3, 0.4) is 0 Å². The van der Waals surface area contributed by atoms with Gasteiger partial charge in [-0.25, -0.2) is 9.37 Å². The van der Waals surface area contributed by atoms with Gasteiger partial charge in [-0.15, -0.1) is 0 Å². The first kappa shape index (κ1) is 26.6. The van der Waals surface area contributed by atoms with Gasteiger partial charge in [0.1, 0.15) is 5.82 Å². The van der Waals surface area contributed by atoms with E-state index in [9.17, 15) is 9.18 Å². The van der Waals surface area contributed by atoms with Crippen LogP contribution in [-0.4, -0.2) is 77.2 Å². The molecular formula is C30H40FN5O2. The average Bonchev–Trinajstić information content (AvgIpc) is 3.46. The number of benzene rings is 2. The van der Waals surface area contributed by atoms with E-state index in [4.69, 9.17) is 9.72 Å². The Balaban J connectivity index is 1.05. The van der Waals surface area contributed by atoms with Gasteiger partial charge in [0.15, 0.2) is 0 Å². The number of hydrogen-bond acceptors (Lipinski definition) is 5. The fourth-order valence-corrected chi connectivity index (χ4v) is 5.80. The first-order chi connectivity index (χ1) is 18.6. The van der Waals surface area contributed by atoms with Crippen molar-refractivity contribution in [1.82, 2.24) is 19.4 Å². The minimum absolute atomic E-state index is 0.0278. The van der Waals surface area contributed by atoms with Crippen LogP contribution in [0, 0.1) is 11.7 Å². The van der Waals surface area contributed by atoms with Crippen molar-refractivity contribution >= 4 is 22.9 Å². The number of imidazole rings is 1. The number of likely N-dealkylation sites (tertiary alicyclic amines) is 2. The van der Waals surface area contributed by atoms with Gasteiger partial charge in [0, 0.05) is 51.3 Å². The van der Waals surface area contributed by atoms with Crippen LogP contribution >= 0.6 is 0 Å². The minimum Gasteiger partial charge on any atom is -0.380 e. The number of nitrogens with one attached hydrogen (secondary N) is 1. The Kier molecular flexibility index (Phi) is 8.91. The Labute approximate surface area is 225 Å². The Bertz CT molecular complexity index is 1190. The van der Waals surface area contributed by atoms with E-state index in [2.05, 4.69) is 33.0 Å². The summed E-state index contributed by atoms with van der Waals surface area (Å²) in [5.41, 5.74) is 3.19. The van der Waals surface area contributed by atoms with Crippen LogP contribution in [0.5, 0.6) is 0 Å². The molecule has 204 valence electrons. The molecule has 0 aliphatic carbocycles. The standard InChI is InChI=1S/C30H40FN5O2/c1-2-38-21-20-36-28-7-4-3-6-27(28)33-30(36)32-26-13-17-34(18-14-26)15-5-16-35-19-12-24(29(35)37)22-23-8-10-25(31)11-9-23/h3-4,6-11,24,26H,2,5,12-22H2,1H3,(H,32,33). The van der Waals surface area contributed by atoms with Gasteiger partial charge in [0.25, 0.3) is 0 Å². The molecule has 1 unspecified atom stereocenters. The summed E-state index contributed by atoms with van der Waals surface area (Å²) in [5, 5.41) is 3.72. The number of rotatable bonds is 12. The summed E-state index contributed by atoms with van der Waals surface area (Å²) < 4.78 is 21.0. The number of carbonyl (C=O) groups is 1. The molecule has 0 spiro atoms. The minimum atomic E-state index is -0.231. The number of para-hydroxylation sites is 2. The predicted molar refractivity (Wildman–Crippen MR) is 149 cm³/mol. The zero-order valence-corrected chi connectivity index (χ0v) is 22.4. The zero-order chi connectivity index (χ0) is 26.3. The summed E-state index contributed by atoms with van der Waals surface area (Å²) in [5.74, 6) is 0.988. The van der Waals surface area contributed by atoms with E-state index in [1.54, 1.807) is 12.1 Å². The van der Waals surface area contributed by atoms with Gasteiger partial charge < -0.3 is 24.4 Å². The largest absolute Gasteiger partial charge is 0.380 e. The van der Waals surface area contributed by atoms with E-state index < -0.39 is 0 Å². The van der Waals surface area contributed by atoms with Crippen molar-refractivity contribution in [2.75, 3.05) is 51.3 Å². The maximum absolute atomic E-state index is 13.2. The van der Waals surface area contributed by atoms with Gasteiger partial charge >= 0.3 is 0 Å². The SMILES string of the molecule is CCOCCn1c(NC2CCN(CCCN3CCC(Cc4ccc(F)cc4)C3=O)CC2)nc2ccccc21. The number of carbonyl (C=O) groups excluding carboxylic acids is 1. The first-order valence-corrected chi connectivity index (χ1v) is 14.2. The maximum atomic E-state index is 13.2. The normalized spacial score (nSPS) is 19.1. The molecule has 1 aromatic heterocycles. The second-order valence-corrected chi connectivity index (χ2v) is 10.5. The smallest absolute Gasteiger partial charge is 0.226 e. The van der Waals surface area contributed by atoms with Crippen LogP contribution in [-0.2, 0) is 22.5 Å². The van der Waals surface area contributed by atoms with Crippen molar-refractivity contribution in [1.29, 1.82) is 0 Å². The molecule has 0 radical (unpaired) electrons.